The van der Waals surface area contributed by atoms with E-state index in [1.807, 2.05) is 20.8 Å². The predicted octanol–water partition coefficient (Wildman–Crippen LogP) is 2.80. The third-order valence-electron chi connectivity index (χ3n) is 3.47. The van der Waals surface area contributed by atoms with Crippen LogP contribution in [0.1, 0.15) is 53.4 Å². The Hall–Kier alpha value is -1.13. The van der Waals surface area contributed by atoms with Crippen molar-refractivity contribution in [2.24, 2.45) is 11.8 Å². The molecule has 5 heteroatoms. The number of nitrogens with zero attached hydrogens (tertiary/aromatic N) is 1. The van der Waals surface area contributed by atoms with Crippen LogP contribution in [-0.4, -0.2) is 22.5 Å². The summed E-state index contributed by atoms with van der Waals surface area (Å²) in [5, 5.41) is 11.0. The Morgan fingerprint density at radius 2 is 1.89 bits per heavy atom. The summed E-state index contributed by atoms with van der Waals surface area (Å²) >= 11 is 0. The van der Waals surface area contributed by atoms with E-state index in [4.69, 9.17) is 4.74 Å². The maximum Gasteiger partial charge on any atom is 0.309 e. The van der Waals surface area contributed by atoms with E-state index in [0.717, 1.165) is 19.3 Å². The molecular weight excluding hydrogens is 234 g/mol. The first-order chi connectivity index (χ1) is 8.22. The van der Waals surface area contributed by atoms with E-state index in [1.165, 1.54) is 0 Å². The number of rotatable bonds is 3. The maximum absolute atomic E-state index is 12.0. The van der Waals surface area contributed by atoms with Crippen molar-refractivity contribution >= 4 is 5.97 Å². The van der Waals surface area contributed by atoms with Crippen molar-refractivity contribution in [3.8, 4) is 0 Å². The van der Waals surface area contributed by atoms with Crippen molar-refractivity contribution in [3.05, 3.63) is 10.1 Å². The molecular formula is C13H23NO4. The SMILES string of the molecule is CC(C(=O)OC(C)(C)C)C1CCCCC1[N+](=O)[O-]. The highest BCUT2D eigenvalue weighted by Crippen LogP contribution is 2.33. The van der Waals surface area contributed by atoms with E-state index in [1.54, 1.807) is 6.92 Å². The van der Waals surface area contributed by atoms with Gasteiger partial charge in [-0.15, -0.1) is 0 Å². The molecule has 0 heterocycles. The van der Waals surface area contributed by atoms with Crippen LogP contribution in [0.15, 0.2) is 0 Å². The standard InChI is InChI=1S/C13H23NO4/c1-9(12(15)18-13(2,3)4)10-7-5-6-8-11(10)14(16)17/h9-11H,5-8H2,1-4H3. The van der Waals surface area contributed by atoms with Crippen LogP contribution in [0, 0.1) is 22.0 Å². The van der Waals surface area contributed by atoms with E-state index in [2.05, 4.69) is 0 Å². The molecule has 1 aliphatic rings. The number of hydrogen-bond donors (Lipinski definition) is 0. The van der Waals surface area contributed by atoms with Gasteiger partial charge in [-0.1, -0.05) is 13.3 Å². The van der Waals surface area contributed by atoms with Gasteiger partial charge in [-0.3, -0.25) is 14.9 Å². The van der Waals surface area contributed by atoms with Crippen molar-refractivity contribution < 1.29 is 14.5 Å². The van der Waals surface area contributed by atoms with Gasteiger partial charge < -0.3 is 4.74 Å². The number of carbonyl (C=O) groups excluding carboxylic acids is 1. The van der Waals surface area contributed by atoms with E-state index in [0.29, 0.717) is 6.42 Å². The van der Waals surface area contributed by atoms with Crippen LogP contribution < -0.4 is 0 Å². The fourth-order valence-electron chi connectivity index (χ4n) is 2.55. The molecule has 0 N–H and O–H groups in total. The Balaban J connectivity index is 2.71. The van der Waals surface area contributed by atoms with Gasteiger partial charge in [-0.2, -0.15) is 0 Å². The number of hydrogen-bond acceptors (Lipinski definition) is 4. The molecule has 0 spiro atoms. The van der Waals surface area contributed by atoms with Gasteiger partial charge in [0.1, 0.15) is 5.60 Å². The number of esters is 1. The second kappa shape index (κ2) is 5.67. The van der Waals surface area contributed by atoms with Crippen LogP contribution in [0.3, 0.4) is 0 Å². The van der Waals surface area contributed by atoms with Crippen molar-refractivity contribution in [2.75, 3.05) is 0 Å². The van der Waals surface area contributed by atoms with Gasteiger partial charge in [0.05, 0.1) is 5.92 Å². The second-order valence-electron chi connectivity index (χ2n) is 6.12. The Labute approximate surface area is 108 Å². The molecule has 0 bridgehead atoms. The van der Waals surface area contributed by atoms with Gasteiger partial charge >= 0.3 is 5.97 Å². The predicted molar refractivity (Wildman–Crippen MR) is 67.7 cm³/mol. The molecule has 1 fully saturated rings. The van der Waals surface area contributed by atoms with E-state index >= 15 is 0 Å². The lowest BCUT2D eigenvalue weighted by atomic mass is 9.77. The van der Waals surface area contributed by atoms with Crippen LogP contribution in [0.4, 0.5) is 0 Å². The van der Waals surface area contributed by atoms with E-state index in [-0.39, 0.29) is 16.8 Å². The molecule has 3 atom stereocenters. The van der Waals surface area contributed by atoms with Crippen molar-refractivity contribution in [2.45, 2.75) is 65.0 Å². The van der Waals surface area contributed by atoms with Crippen LogP contribution in [0.25, 0.3) is 0 Å². The van der Waals surface area contributed by atoms with Crippen LogP contribution in [0.2, 0.25) is 0 Å². The summed E-state index contributed by atoms with van der Waals surface area (Å²) in [6, 6.07) is -0.596. The summed E-state index contributed by atoms with van der Waals surface area (Å²) in [5.74, 6) is -0.912. The monoisotopic (exact) mass is 257 g/mol. The van der Waals surface area contributed by atoms with Crippen LogP contribution in [0.5, 0.6) is 0 Å². The zero-order valence-electron chi connectivity index (χ0n) is 11.6. The molecule has 0 aromatic heterocycles. The molecule has 0 saturated heterocycles. The number of nitro groups is 1. The zero-order valence-corrected chi connectivity index (χ0v) is 11.6. The fraction of sp³-hybridized carbons (Fsp3) is 0.923. The van der Waals surface area contributed by atoms with Crippen molar-refractivity contribution in [1.29, 1.82) is 0 Å². The van der Waals surface area contributed by atoms with Gasteiger partial charge in [-0.25, -0.2) is 0 Å². The minimum absolute atomic E-state index is 0.191. The topological polar surface area (TPSA) is 69.4 Å². The highest BCUT2D eigenvalue weighted by Gasteiger charge is 2.41. The molecule has 0 radical (unpaired) electrons. The van der Waals surface area contributed by atoms with Gasteiger partial charge in [0.2, 0.25) is 6.04 Å². The maximum atomic E-state index is 12.0. The van der Waals surface area contributed by atoms with Crippen molar-refractivity contribution in [3.63, 3.8) is 0 Å². The normalized spacial score (nSPS) is 26.4. The molecule has 0 amide bonds. The van der Waals surface area contributed by atoms with Gasteiger partial charge in [-0.05, 0) is 33.6 Å². The summed E-state index contributed by atoms with van der Waals surface area (Å²) in [6.45, 7) is 7.18. The highest BCUT2D eigenvalue weighted by atomic mass is 16.6. The summed E-state index contributed by atoms with van der Waals surface area (Å²) in [5.41, 5.74) is -0.538. The lowest BCUT2D eigenvalue weighted by molar-refractivity contribution is -0.537. The Morgan fingerprint density at radius 3 is 2.39 bits per heavy atom. The van der Waals surface area contributed by atoms with Gasteiger partial charge in [0.15, 0.2) is 0 Å². The minimum Gasteiger partial charge on any atom is -0.460 e. The summed E-state index contributed by atoms with van der Waals surface area (Å²) in [7, 11) is 0. The first kappa shape index (κ1) is 14.9. The first-order valence-electron chi connectivity index (χ1n) is 6.58. The molecule has 0 aliphatic heterocycles. The van der Waals surface area contributed by atoms with E-state index in [9.17, 15) is 14.9 Å². The van der Waals surface area contributed by atoms with Gasteiger partial charge in [0, 0.05) is 17.3 Å². The third kappa shape index (κ3) is 3.96. The van der Waals surface area contributed by atoms with Crippen LogP contribution >= 0.6 is 0 Å². The largest absolute Gasteiger partial charge is 0.460 e. The van der Waals surface area contributed by atoms with Crippen LogP contribution in [-0.2, 0) is 9.53 Å². The lowest BCUT2D eigenvalue weighted by Crippen LogP contribution is -2.40. The molecule has 3 unspecified atom stereocenters. The Morgan fingerprint density at radius 1 is 1.33 bits per heavy atom. The molecule has 104 valence electrons. The smallest absolute Gasteiger partial charge is 0.309 e. The van der Waals surface area contributed by atoms with E-state index < -0.39 is 17.6 Å². The molecule has 0 aromatic rings. The average molecular weight is 257 g/mol. The summed E-state index contributed by atoms with van der Waals surface area (Å²) in [6.07, 6.45) is 3.15. The quantitative estimate of drug-likeness (QED) is 0.443. The number of carbonyl (C=O) groups is 1. The Kier molecular flexibility index (Phi) is 4.71. The Bertz CT molecular complexity index is 321. The highest BCUT2D eigenvalue weighted by molar-refractivity contribution is 5.72. The zero-order chi connectivity index (χ0) is 13.9. The average Bonchev–Trinajstić information content (AvgIpc) is 2.25. The molecule has 5 nitrogen and oxygen atoms in total. The fourth-order valence-corrected chi connectivity index (χ4v) is 2.55. The summed E-state index contributed by atoms with van der Waals surface area (Å²) < 4.78 is 5.32. The van der Waals surface area contributed by atoms with Gasteiger partial charge in [0.25, 0.3) is 0 Å². The molecule has 1 rings (SSSR count). The first-order valence-corrected chi connectivity index (χ1v) is 6.58. The lowest BCUT2D eigenvalue weighted by Gasteiger charge is -2.31. The third-order valence-corrected chi connectivity index (χ3v) is 3.47. The molecule has 1 saturated carbocycles. The molecule has 0 aromatic carbocycles. The number of ether oxygens (including phenoxy) is 1. The van der Waals surface area contributed by atoms with Crippen molar-refractivity contribution in [1.82, 2.24) is 0 Å². The second-order valence-corrected chi connectivity index (χ2v) is 6.12. The summed E-state index contributed by atoms with van der Waals surface area (Å²) in [4.78, 5) is 22.8. The minimum atomic E-state index is -0.596. The molecule has 18 heavy (non-hydrogen) atoms. The molecule has 1 aliphatic carbocycles.